The van der Waals surface area contributed by atoms with Crippen molar-refractivity contribution in [2.45, 2.75) is 25.2 Å². The Morgan fingerprint density at radius 1 is 1.32 bits per heavy atom. The number of halogens is 1. The maximum Gasteiger partial charge on any atom is 0.236 e. The topological polar surface area (TPSA) is 106 Å². The number of rotatable bonds is 4. The average molecular weight is 417 g/mol. The smallest absolute Gasteiger partial charge is 0.236 e. The average Bonchev–Trinajstić information content (AvgIpc) is 3.23. The summed E-state index contributed by atoms with van der Waals surface area (Å²) in [5, 5.41) is 19.1. The number of aromatic nitrogens is 2. The van der Waals surface area contributed by atoms with Gasteiger partial charge in [-0.3, -0.25) is 4.79 Å². The Morgan fingerprint density at radius 2 is 2.10 bits per heavy atom. The van der Waals surface area contributed by atoms with Crippen LogP contribution in [0, 0.1) is 28.5 Å². The van der Waals surface area contributed by atoms with E-state index in [4.69, 9.17) is 10.00 Å². The number of pyridine rings is 1. The minimum Gasteiger partial charge on any atom is -0.496 e. The summed E-state index contributed by atoms with van der Waals surface area (Å²) in [6.45, 7) is 1.17. The zero-order valence-corrected chi connectivity index (χ0v) is 17.0. The molecule has 4 rings (SSSR count). The first-order valence-corrected chi connectivity index (χ1v) is 9.96. The summed E-state index contributed by atoms with van der Waals surface area (Å²) < 4.78 is 19.5. The predicted molar refractivity (Wildman–Crippen MR) is 112 cm³/mol. The van der Waals surface area contributed by atoms with Crippen molar-refractivity contribution in [1.29, 1.82) is 10.5 Å². The monoisotopic (exact) mass is 417 g/mol. The second-order valence-corrected chi connectivity index (χ2v) is 7.48. The first-order chi connectivity index (χ1) is 15.0. The van der Waals surface area contributed by atoms with Crippen LogP contribution in [0.1, 0.15) is 36.4 Å². The number of hydrogen-bond donors (Lipinski definition) is 1. The molecule has 1 aromatic carbocycles. The summed E-state index contributed by atoms with van der Waals surface area (Å²) in [7, 11) is 1.51. The molecular formula is C23H20FN5O2. The predicted octanol–water partition coefficient (Wildman–Crippen LogP) is 3.87. The minimum atomic E-state index is -0.421. The van der Waals surface area contributed by atoms with Crippen molar-refractivity contribution in [2.24, 2.45) is 0 Å². The summed E-state index contributed by atoms with van der Waals surface area (Å²) in [4.78, 5) is 21.4. The molecule has 0 saturated carbocycles. The number of carbonyl (C=O) groups is 1. The third-order valence-corrected chi connectivity index (χ3v) is 5.75. The number of nitriles is 2. The second kappa shape index (κ2) is 8.45. The third-order valence-electron chi connectivity index (χ3n) is 5.75. The van der Waals surface area contributed by atoms with E-state index in [1.54, 1.807) is 11.0 Å². The molecule has 0 spiro atoms. The van der Waals surface area contributed by atoms with Crippen molar-refractivity contribution < 1.29 is 13.9 Å². The zero-order chi connectivity index (χ0) is 22.0. The van der Waals surface area contributed by atoms with Gasteiger partial charge in [0.05, 0.1) is 18.7 Å². The van der Waals surface area contributed by atoms with Gasteiger partial charge in [-0.25, -0.2) is 9.37 Å². The molecule has 156 valence electrons. The highest BCUT2D eigenvalue weighted by Crippen LogP contribution is 2.39. The van der Waals surface area contributed by atoms with Crippen LogP contribution in [0.15, 0.2) is 30.5 Å². The number of carbonyl (C=O) groups excluding carboxylic acids is 1. The van der Waals surface area contributed by atoms with E-state index in [0.717, 1.165) is 23.9 Å². The first kappa shape index (κ1) is 20.4. The Bertz CT molecular complexity index is 1230. The molecule has 1 N–H and O–H groups in total. The van der Waals surface area contributed by atoms with Gasteiger partial charge < -0.3 is 14.6 Å². The molecule has 31 heavy (non-hydrogen) atoms. The molecule has 0 bridgehead atoms. The quantitative estimate of drug-likeness (QED) is 0.694. The number of nitrogens with one attached hydrogen (secondary N) is 1. The van der Waals surface area contributed by atoms with Crippen LogP contribution in [-0.4, -0.2) is 41.0 Å². The van der Waals surface area contributed by atoms with Crippen molar-refractivity contribution >= 4 is 16.9 Å². The fraction of sp³-hybridized carbons (Fsp3) is 0.304. The largest absolute Gasteiger partial charge is 0.496 e. The van der Waals surface area contributed by atoms with E-state index in [0.29, 0.717) is 41.2 Å². The van der Waals surface area contributed by atoms with Crippen LogP contribution < -0.4 is 4.74 Å². The summed E-state index contributed by atoms with van der Waals surface area (Å²) in [5.41, 5.74) is 2.97. The van der Waals surface area contributed by atoms with Gasteiger partial charge in [0.2, 0.25) is 5.91 Å². The molecule has 1 saturated heterocycles. The Kier molecular flexibility index (Phi) is 5.55. The van der Waals surface area contributed by atoms with Gasteiger partial charge in [-0.2, -0.15) is 10.5 Å². The third kappa shape index (κ3) is 3.80. The summed E-state index contributed by atoms with van der Waals surface area (Å²) in [5.74, 6) is 0.0961. The summed E-state index contributed by atoms with van der Waals surface area (Å²) in [6.07, 6.45) is 2.89. The van der Waals surface area contributed by atoms with Gasteiger partial charge in [0.15, 0.2) is 0 Å². The van der Waals surface area contributed by atoms with Gasteiger partial charge in [-0.15, -0.1) is 0 Å². The molecular weight excluding hydrogens is 397 g/mol. The molecule has 1 aliphatic rings. The van der Waals surface area contributed by atoms with Gasteiger partial charge in [-0.1, -0.05) is 0 Å². The molecule has 3 heterocycles. The Hall–Kier alpha value is -3.91. The normalized spacial score (nSPS) is 14.3. The zero-order valence-electron chi connectivity index (χ0n) is 17.0. The van der Waals surface area contributed by atoms with Crippen LogP contribution in [0.3, 0.4) is 0 Å². The van der Waals surface area contributed by atoms with Gasteiger partial charge in [-0.05, 0) is 37.1 Å². The molecule has 0 unspecified atom stereocenters. The lowest BCUT2D eigenvalue weighted by atomic mass is 9.92. The lowest BCUT2D eigenvalue weighted by Crippen LogP contribution is -2.37. The van der Waals surface area contributed by atoms with Gasteiger partial charge in [0, 0.05) is 47.4 Å². The molecule has 0 radical (unpaired) electrons. The Morgan fingerprint density at radius 3 is 2.77 bits per heavy atom. The van der Waals surface area contributed by atoms with Crippen LogP contribution in [0.4, 0.5) is 4.39 Å². The van der Waals surface area contributed by atoms with Crippen LogP contribution in [-0.2, 0) is 4.79 Å². The number of aromatic amines is 1. The van der Waals surface area contributed by atoms with Gasteiger partial charge in [0.25, 0.3) is 0 Å². The number of piperidine rings is 1. The Balaban J connectivity index is 1.72. The van der Waals surface area contributed by atoms with Crippen molar-refractivity contribution in [3.05, 3.63) is 47.5 Å². The molecule has 3 aromatic rings. The number of nitrogens with zero attached hydrogens (tertiary/aromatic N) is 4. The summed E-state index contributed by atoms with van der Waals surface area (Å²) in [6, 6.07) is 10.2. The highest BCUT2D eigenvalue weighted by atomic mass is 19.1. The molecule has 8 heteroatoms. The van der Waals surface area contributed by atoms with E-state index < -0.39 is 5.82 Å². The molecule has 1 fully saturated rings. The molecule has 1 aliphatic heterocycles. The van der Waals surface area contributed by atoms with Crippen molar-refractivity contribution in [3.8, 4) is 29.0 Å². The highest BCUT2D eigenvalue weighted by molar-refractivity contribution is 5.98. The molecule has 1 amide bonds. The molecule has 2 aromatic heterocycles. The lowest BCUT2D eigenvalue weighted by molar-refractivity contribution is -0.131. The standard InChI is InChI=1S/C23H20FN5O2/c1-31-20-3-2-16(24)10-17(20)22-15(12-26)13-27-23-18(22)11-19(28-23)14-5-8-29(9-6-14)21(30)4-7-25/h2-3,10-11,13-14H,4-6,8-9H2,1H3,(H,27,28). The van der Waals surface area contributed by atoms with Crippen molar-refractivity contribution in [1.82, 2.24) is 14.9 Å². The van der Waals surface area contributed by atoms with E-state index in [1.165, 1.54) is 25.4 Å². The summed E-state index contributed by atoms with van der Waals surface area (Å²) >= 11 is 0. The molecule has 0 aliphatic carbocycles. The van der Waals surface area contributed by atoms with E-state index in [9.17, 15) is 14.4 Å². The van der Waals surface area contributed by atoms with Gasteiger partial charge in [0.1, 0.15) is 29.7 Å². The fourth-order valence-corrected chi connectivity index (χ4v) is 4.18. The van der Waals surface area contributed by atoms with E-state index >= 15 is 0 Å². The van der Waals surface area contributed by atoms with Crippen LogP contribution in [0.2, 0.25) is 0 Å². The molecule has 0 atom stereocenters. The lowest BCUT2D eigenvalue weighted by Gasteiger charge is -2.31. The maximum atomic E-state index is 14.0. The van der Waals surface area contributed by atoms with E-state index in [1.807, 2.05) is 12.1 Å². The number of benzene rings is 1. The number of hydrogen-bond acceptors (Lipinski definition) is 5. The number of likely N-dealkylation sites (tertiary alicyclic amines) is 1. The van der Waals surface area contributed by atoms with Crippen LogP contribution in [0.5, 0.6) is 5.75 Å². The number of fused-ring (bicyclic) bond motifs is 1. The number of amides is 1. The number of ether oxygens (including phenoxy) is 1. The van der Waals surface area contributed by atoms with Crippen LogP contribution in [0.25, 0.3) is 22.2 Å². The van der Waals surface area contributed by atoms with E-state index in [-0.39, 0.29) is 18.2 Å². The highest BCUT2D eigenvalue weighted by Gasteiger charge is 2.26. The SMILES string of the molecule is COc1ccc(F)cc1-c1c(C#N)cnc2[nH]c(C3CCN(C(=O)CC#N)CC3)cc12. The number of H-pyrrole nitrogens is 1. The second-order valence-electron chi connectivity index (χ2n) is 7.48. The van der Waals surface area contributed by atoms with E-state index in [2.05, 4.69) is 16.0 Å². The number of methoxy groups -OCH3 is 1. The van der Waals surface area contributed by atoms with Crippen molar-refractivity contribution in [2.75, 3.05) is 20.2 Å². The molecule has 7 nitrogen and oxygen atoms in total. The Labute approximate surface area is 178 Å². The fourth-order valence-electron chi connectivity index (χ4n) is 4.18. The maximum absolute atomic E-state index is 14.0. The van der Waals surface area contributed by atoms with Crippen molar-refractivity contribution in [3.63, 3.8) is 0 Å². The van der Waals surface area contributed by atoms with Crippen LogP contribution >= 0.6 is 0 Å². The minimum absolute atomic E-state index is 0.100. The first-order valence-electron chi connectivity index (χ1n) is 9.96. The van der Waals surface area contributed by atoms with Gasteiger partial charge >= 0.3 is 0 Å².